The van der Waals surface area contributed by atoms with Crippen molar-refractivity contribution >= 4 is 17.8 Å². The SMILES string of the molecule is O=C(O)Cn1cc(C2CCC(=O)NC2=O)cn1. The molecule has 17 heavy (non-hydrogen) atoms. The van der Waals surface area contributed by atoms with E-state index in [1.165, 1.54) is 17.1 Å². The number of amides is 2. The zero-order chi connectivity index (χ0) is 12.4. The first-order chi connectivity index (χ1) is 8.06. The Bertz CT molecular complexity index is 480. The minimum Gasteiger partial charge on any atom is -0.480 e. The summed E-state index contributed by atoms with van der Waals surface area (Å²) in [5, 5.41) is 14.7. The van der Waals surface area contributed by atoms with Gasteiger partial charge in [-0.1, -0.05) is 0 Å². The topological polar surface area (TPSA) is 101 Å². The van der Waals surface area contributed by atoms with Gasteiger partial charge in [0.05, 0.1) is 12.1 Å². The average Bonchev–Trinajstić information content (AvgIpc) is 2.65. The summed E-state index contributed by atoms with van der Waals surface area (Å²) in [6, 6.07) is 0. The number of rotatable bonds is 3. The molecule has 1 unspecified atom stereocenters. The molecule has 90 valence electrons. The van der Waals surface area contributed by atoms with E-state index in [1.54, 1.807) is 0 Å². The molecule has 7 nitrogen and oxygen atoms in total. The van der Waals surface area contributed by atoms with Gasteiger partial charge in [-0.25, -0.2) is 0 Å². The smallest absolute Gasteiger partial charge is 0.325 e. The van der Waals surface area contributed by atoms with Crippen molar-refractivity contribution in [2.24, 2.45) is 0 Å². The minimum absolute atomic E-state index is 0.243. The molecule has 1 fully saturated rings. The largest absolute Gasteiger partial charge is 0.480 e. The van der Waals surface area contributed by atoms with E-state index in [0.29, 0.717) is 18.4 Å². The fourth-order valence-corrected chi connectivity index (χ4v) is 1.80. The minimum atomic E-state index is -0.997. The third-order valence-electron chi connectivity index (χ3n) is 2.59. The molecular weight excluding hydrogens is 226 g/mol. The highest BCUT2D eigenvalue weighted by Gasteiger charge is 2.28. The molecule has 0 spiro atoms. The van der Waals surface area contributed by atoms with Crippen LogP contribution in [0.25, 0.3) is 0 Å². The second kappa shape index (κ2) is 4.36. The van der Waals surface area contributed by atoms with Gasteiger partial charge in [-0.2, -0.15) is 5.10 Å². The molecule has 0 aliphatic carbocycles. The van der Waals surface area contributed by atoms with E-state index in [-0.39, 0.29) is 18.4 Å². The zero-order valence-electron chi connectivity index (χ0n) is 8.92. The maximum atomic E-state index is 11.6. The quantitative estimate of drug-likeness (QED) is 0.689. The van der Waals surface area contributed by atoms with Crippen molar-refractivity contribution in [1.82, 2.24) is 15.1 Å². The number of hydrogen-bond acceptors (Lipinski definition) is 4. The van der Waals surface area contributed by atoms with Gasteiger partial charge in [0.1, 0.15) is 6.54 Å². The first-order valence-electron chi connectivity index (χ1n) is 5.14. The Balaban J connectivity index is 2.12. The van der Waals surface area contributed by atoms with Gasteiger partial charge < -0.3 is 5.11 Å². The Hall–Kier alpha value is -2.18. The lowest BCUT2D eigenvalue weighted by atomic mass is 9.93. The van der Waals surface area contributed by atoms with Crippen LogP contribution in [0.1, 0.15) is 24.3 Å². The molecule has 1 aromatic rings. The lowest BCUT2D eigenvalue weighted by molar-refractivity contribution is -0.138. The summed E-state index contributed by atoms with van der Waals surface area (Å²) in [5.41, 5.74) is 0.635. The van der Waals surface area contributed by atoms with Gasteiger partial charge in [-0.3, -0.25) is 24.4 Å². The van der Waals surface area contributed by atoms with Gasteiger partial charge in [0.15, 0.2) is 0 Å². The fourth-order valence-electron chi connectivity index (χ4n) is 1.80. The molecule has 0 saturated carbocycles. The Kier molecular flexibility index (Phi) is 2.90. The number of carboxylic acid groups (broad SMARTS) is 1. The number of nitrogens with zero attached hydrogens (tertiary/aromatic N) is 2. The summed E-state index contributed by atoms with van der Waals surface area (Å²) in [5.74, 6) is -2.04. The molecule has 2 N–H and O–H groups in total. The Morgan fingerprint density at radius 2 is 2.35 bits per heavy atom. The van der Waals surface area contributed by atoms with E-state index in [1.807, 2.05) is 0 Å². The third-order valence-corrected chi connectivity index (χ3v) is 2.59. The lowest BCUT2D eigenvalue weighted by Gasteiger charge is -2.19. The van der Waals surface area contributed by atoms with E-state index >= 15 is 0 Å². The maximum absolute atomic E-state index is 11.6. The Morgan fingerprint density at radius 1 is 1.59 bits per heavy atom. The number of carbonyl (C=O) groups is 3. The van der Waals surface area contributed by atoms with Crippen molar-refractivity contribution in [2.75, 3.05) is 0 Å². The van der Waals surface area contributed by atoms with Crippen LogP contribution in [-0.2, 0) is 20.9 Å². The van der Waals surface area contributed by atoms with Crippen molar-refractivity contribution in [3.05, 3.63) is 18.0 Å². The monoisotopic (exact) mass is 237 g/mol. The number of piperidine rings is 1. The van der Waals surface area contributed by atoms with Crippen molar-refractivity contribution in [1.29, 1.82) is 0 Å². The number of imide groups is 1. The first kappa shape index (κ1) is 11.3. The molecule has 1 saturated heterocycles. The van der Waals surface area contributed by atoms with Gasteiger partial charge in [-0.15, -0.1) is 0 Å². The highest BCUT2D eigenvalue weighted by molar-refractivity contribution is 6.00. The van der Waals surface area contributed by atoms with Crippen molar-refractivity contribution < 1.29 is 19.5 Å². The number of aromatic nitrogens is 2. The first-order valence-corrected chi connectivity index (χ1v) is 5.14. The summed E-state index contributed by atoms with van der Waals surface area (Å²) in [6.07, 6.45) is 3.71. The number of hydrogen-bond donors (Lipinski definition) is 2. The highest BCUT2D eigenvalue weighted by Crippen LogP contribution is 2.23. The predicted octanol–water partition coefficient (Wildman–Crippen LogP) is -0.512. The second-order valence-electron chi connectivity index (χ2n) is 3.87. The average molecular weight is 237 g/mol. The molecule has 1 aliphatic heterocycles. The molecule has 0 radical (unpaired) electrons. The van der Waals surface area contributed by atoms with Gasteiger partial charge in [0.2, 0.25) is 11.8 Å². The van der Waals surface area contributed by atoms with Crippen LogP contribution in [0, 0.1) is 0 Å². The number of nitrogens with one attached hydrogen (secondary N) is 1. The van der Waals surface area contributed by atoms with Crippen LogP contribution in [0.2, 0.25) is 0 Å². The molecule has 1 atom stereocenters. The predicted molar refractivity (Wildman–Crippen MR) is 55.0 cm³/mol. The molecule has 2 rings (SSSR count). The van der Waals surface area contributed by atoms with Crippen LogP contribution < -0.4 is 5.32 Å². The number of carboxylic acids is 1. The summed E-state index contributed by atoms with van der Waals surface area (Å²) < 4.78 is 1.25. The van der Waals surface area contributed by atoms with Gasteiger partial charge >= 0.3 is 5.97 Å². The van der Waals surface area contributed by atoms with Crippen LogP contribution in [0.3, 0.4) is 0 Å². The lowest BCUT2D eigenvalue weighted by Crippen LogP contribution is -2.39. The maximum Gasteiger partial charge on any atom is 0.325 e. The van der Waals surface area contributed by atoms with Gasteiger partial charge in [0.25, 0.3) is 0 Å². The highest BCUT2D eigenvalue weighted by atomic mass is 16.4. The molecule has 2 heterocycles. The van der Waals surface area contributed by atoms with E-state index in [0.717, 1.165) is 0 Å². The number of aliphatic carboxylic acids is 1. The summed E-state index contributed by atoms with van der Waals surface area (Å²) >= 11 is 0. The van der Waals surface area contributed by atoms with E-state index in [4.69, 9.17) is 5.11 Å². The van der Waals surface area contributed by atoms with Crippen LogP contribution in [0.4, 0.5) is 0 Å². The molecule has 1 aliphatic rings. The van der Waals surface area contributed by atoms with Crippen LogP contribution in [0.15, 0.2) is 12.4 Å². The van der Waals surface area contributed by atoms with Crippen molar-refractivity contribution in [3.8, 4) is 0 Å². The molecular formula is C10H11N3O4. The van der Waals surface area contributed by atoms with Crippen molar-refractivity contribution in [3.63, 3.8) is 0 Å². The molecule has 2 amide bonds. The standard InChI is InChI=1S/C10H11N3O4/c14-8-2-1-7(10(17)12-8)6-3-11-13(4-6)5-9(15)16/h3-4,7H,1-2,5H2,(H,15,16)(H,12,14,17). The van der Waals surface area contributed by atoms with Gasteiger partial charge in [-0.05, 0) is 6.42 Å². The molecule has 1 aromatic heterocycles. The summed E-state index contributed by atoms with van der Waals surface area (Å²) in [4.78, 5) is 33.0. The normalized spacial score (nSPS) is 20.1. The van der Waals surface area contributed by atoms with E-state index in [2.05, 4.69) is 10.4 Å². The number of carbonyl (C=O) groups excluding carboxylic acids is 2. The second-order valence-corrected chi connectivity index (χ2v) is 3.87. The molecule has 0 aromatic carbocycles. The third kappa shape index (κ3) is 2.49. The van der Waals surface area contributed by atoms with E-state index < -0.39 is 11.9 Å². The fraction of sp³-hybridized carbons (Fsp3) is 0.400. The molecule has 7 heteroatoms. The van der Waals surface area contributed by atoms with Crippen LogP contribution in [-0.4, -0.2) is 32.7 Å². The summed E-state index contributed by atoms with van der Waals surface area (Å²) in [7, 11) is 0. The van der Waals surface area contributed by atoms with Crippen LogP contribution in [0.5, 0.6) is 0 Å². The molecule has 0 bridgehead atoms. The van der Waals surface area contributed by atoms with E-state index in [9.17, 15) is 14.4 Å². The van der Waals surface area contributed by atoms with Crippen LogP contribution >= 0.6 is 0 Å². The Labute approximate surface area is 96.4 Å². The summed E-state index contributed by atoms with van der Waals surface area (Å²) in [6.45, 7) is -0.243. The van der Waals surface area contributed by atoms with Gasteiger partial charge in [0, 0.05) is 18.2 Å². The van der Waals surface area contributed by atoms with Crippen molar-refractivity contribution in [2.45, 2.75) is 25.3 Å². The Morgan fingerprint density at radius 3 is 3.00 bits per heavy atom. The zero-order valence-corrected chi connectivity index (χ0v) is 8.92.